The molecule has 3 aromatic carbocycles. The molecule has 1 aliphatic rings. The standard InChI is InChI=1S/C25H18ClFN2O4/c1-15-19(26)9-6-11-21(15)29-24(31)18(23(30)28-25(29)32)13-16-7-3-5-12-22(16)33-14-17-8-2-4-10-20(17)27/h2-13H,14H2,1H3,(H,28,30,32)/b18-13+. The average Bonchev–Trinajstić information content (AvgIpc) is 2.79. The number of imide groups is 2. The second kappa shape index (κ2) is 9.26. The molecule has 0 atom stereocenters. The van der Waals surface area contributed by atoms with Gasteiger partial charge < -0.3 is 4.74 Å². The summed E-state index contributed by atoms with van der Waals surface area (Å²) in [5.41, 5.74) is 1.32. The number of benzene rings is 3. The summed E-state index contributed by atoms with van der Waals surface area (Å²) in [6.45, 7) is 1.63. The van der Waals surface area contributed by atoms with Crippen LogP contribution in [-0.2, 0) is 16.2 Å². The van der Waals surface area contributed by atoms with Crippen molar-refractivity contribution in [3.8, 4) is 5.75 Å². The number of hydrogen-bond acceptors (Lipinski definition) is 4. The van der Waals surface area contributed by atoms with E-state index in [-0.39, 0.29) is 17.9 Å². The topological polar surface area (TPSA) is 75.7 Å². The fraction of sp³-hybridized carbons (Fsp3) is 0.0800. The minimum absolute atomic E-state index is 0.0423. The van der Waals surface area contributed by atoms with Gasteiger partial charge >= 0.3 is 6.03 Å². The lowest BCUT2D eigenvalue weighted by molar-refractivity contribution is -0.122. The zero-order valence-electron chi connectivity index (χ0n) is 17.5. The van der Waals surface area contributed by atoms with Crippen LogP contribution in [0.3, 0.4) is 0 Å². The number of urea groups is 1. The first-order valence-electron chi connectivity index (χ1n) is 9.98. The zero-order chi connectivity index (χ0) is 23.5. The van der Waals surface area contributed by atoms with E-state index in [0.717, 1.165) is 4.90 Å². The molecule has 6 nitrogen and oxygen atoms in total. The second-order valence-electron chi connectivity index (χ2n) is 7.26. The summed E-state index contributed by atoms with van der Waals surface area (Å²) in [5.74, 6) is -1.68. The molecular weight excluding hydrogens is 447 g/mol. The first-order valence-corrected chi connectivity index (χ1v) is 10.4. The van der Waals surface area contributed by atoms with E-state index in [1.54, 1.807) is 67.6 Å². The molecule has 33 heavy (non-hydrogen) atoms. The maximum Gasteiger partial charge on any atom is 0.335 e. The van der Waals surface area contributed by atoms with Crippen molar-refractivity contribution < 1.29 is 23.5 Å². The summed E-state index contributed by atoms with van der Waals surface area (Å²) in [4.78, 5) is 39.1. The Bertz CT molecular complexity index is 1310. The van der Waals surface area contributed by atoms with Crippen molar-refractivity contribution >= 4 is 41.2 Å². The third kappa shape index (κ3) is 4.49. The number of hydrogen-bond donors (Lipinski definition) is 1. The zero-order valence-corrected chi connectivity index (χ0v) is 18.2. The summed E-state index contributed by atoms with van der Waals surface area (Å²) in [6.07, 6.45) is 1.34. The number of nitrogens with one attached hydrogen (secondary N) is 1. The Morgan fingerprint density at radius 1 is 1.00 bits per heavy atom. The highest BCUT2D eigenvalue weighted by Gasteiger charge is 2.37. The van der Waals surface area contributed by atoms with Crippen LogP contribution >= 0.6 is 11.6 Å². The molecule has 4 amide bonds. The molecule has 1 fully saturated rings. The lowest BCUT2D eigenvalue weighted by Gasteiger charge is -2.27. The van der Waals surface area contributed by atoms with Crippen LogP contribution in [0.4, 0.5) is 14.9 Å². The van der Waals surface area contributed by atoms with Crippen molar-refractivity contribution in [3.05, 3.63) is 99.8 Å². The van der Waals surface area contributed by atoms with Gasteiger partial charge in [-0.2, -0.15) is 0 Å². The molecule has 0 radical (unpaired) electrons. The van der Waals surface area contributed by atoms with Crippen molar-refractivity contribution in [1.82, 2.24) is 5.32 Å². The molecular formula is C25H18ClFN2O4. The molecule has 0 unspecified atom stereocenters. The molecule has 3 aromatic rings. The highest BCUT2D eigenvalue weighted by Crippen LogP contribution is 2.30. The molecule has 0 aromatic heterocycles. The third-order valence-corrected chi connectivity index (χ3v) is 5.55. The number of amides is 4. The predicted octanol–water partition coefficient (Wildman–Crippen LogP) is 5.03. The summed E-state index contributed by atoms with van der Waals surface area (Å²) in [7, 11) is 0. The molecule has 4 rings (SSSR count). The Hall–Kier alpha value is -3.97. The first-order chi connectivity index (χ1) is 15.9. The molecule has 1 heterocycles. The summed E-state index contributed by atoms with van der Waals surface area (Å²) in [5, 5.41) is 2.56. The molecule has 1 N–H and O–H groups in total. The maximum absolute atomic E-state index is 13.9. The van der Waals surface area contributed by atoms with Gasteiger partial charge in [-0.3, -0.25) is 14.9 Å². The number of carbonyl (C=O) groups is 3. The van der Waals surface area contributed by atoms with Crippen molar-refractivity contribution in [2.24, 2.45) is 0 Å². The van der Waals surface area contributed by atoms with E-state index in [1.165, 1.54) is 12.1 Å². The molecule has 1 saturated heterocycles. The van der Waals surface area contributed by atoms with Crippen LogP contribution in [0.15, 0.2) is 72.3 Å². The van der Waals surface area contributed by atoms with Crippen LogP contribution in [0, 0.1) is 12.7 Å². The highest BCUT2D eigenvalue weighted by molar-refractivity contribution is 6.40. The lowest BCUT2D eigenvalue weighted by atomic mass is 10.0. The van der Waals surface area contributed by atoms with Crippen LogP contribution in [0.1, 0.15) is 16.7 Å². The number of para-hydroxylation sites is 1. The minimum atomic E-state index is -0.864. The van der Waals surface area contributed by atoms with Crippen molar-refractivity contribution in [1.29, 1.82) is 0 Å². The van der Waals surface area contributed by atoms with E-state index in [1.807, 2.05) is 0 Å². The van der Waals surface area contributed by atoms with Crippen molar-refractivity contribution in [3.63, 3.8) is 0 Å². The fourth-order valence-corrected chi connectivity index (χ4v) is 3.54. The van der Waals surface area contributed by atoms with Gasteiger partial charge in [0.2, 0.25) is 0 Å². The normalized spacial score (nSPS) is 15.1. The number of halogens is 2. The van der Waals surface area contributed by atoms with Gasteiger partial charge in [-0.25, -0.2) is 14.1 Å². The van der Waals surface area contributed by atoms with Crippen LogP contribution < -0.4 is 15.0 Å². The number of rotatable bonds is 5. The number of nitrogens with zero attached hydrogens (tertiary/aromatic N) is 1. The Labute approximate surface area is 194 Å². The van der Waals surface area contributed by atoms with E-state index < -0.39 is 23.7 Å². The lowest BCUT2D eigenvalue weighted by Crippen LogP contribution is -2.54. The van der Waals surface area contributed by atoms with E-state index in [0.29, 0.717) is 27.5 Å². The summed E-state index contributed by atoms with van der Waals surface area (Å²) in [6, 6.07) is 16.9. The van der Waals surface area contributed by atoms with Gasteiger partial charge in [0.1, 0.15) is 23.7 Å². The van der Waals surface area contributed by atoms with Crippen LogP contribution in [0.25, 0.3) is 6.08 Å². The molecule has 0 saturated carbocycles. The molecule has 0 spiro atoms. The fourth-order valence-electron chi connectivity index (χ4n) is 3.37. The molecule has 0 bridgehead atoms. The van der Waals surface area contributed by atoms with E-state index in [9.17, 15) is 18.8 Å². The molecule has 8 heteroatoms. The number of ether oxygens (including phenoxy) is 1. The highest BCUT2D eigenvalue weighted by atomic mass is 35.5. The third-order valence-electron chi connectivity index (χ3n) is 5.14. The van der Waals surface area contributed by atoms with Gasteiger partial charge in [-0.05, 0) is 42.8 Å². The van der Waals surface area contributed by atoms with Crippen molar-refractivity contribution in [2.75, 3.05) is 4.90 Å². The second-order valence-corrected chi connectivity index (χ2v) is 7.67. The largest absolute Gasteiger partial charge is 0.488 e. The monoisotopic (exact) mass is 464 g/mol. The average molecular weight is 465 g/mol. The first kappa shape index (κ1) is 22.2. The van der Waals surface area contributed by atoms with E-state index in [4.69, 9.17) is 16.3 Å². The smallest absolute Gasteiger partial charge is 0.335 e. The van der Waals surface area contributed by atoms with E-state index in [2.05, 4.69) is 5.32 Å². The predicted molar refractivity (Wildman–Crippen MR) is 122 cm³/mol. The molecule has 166 valence electrons. The Balaban J connectivity index is 1.67. The van der Waals surface area contributed by atoms with Crippen LogP contribution in [-0.4, -0.2) is 17.8 Å². The van der Waals surface area contributed by atoms with E-state index >= 15 is 0 Å². The van der Waals surface area contributed by atoms with Gasteiger partial charge in [0, 0.05) is 16.1 Å². The van der Waals surface area contributed by atoms with Crippen LogP contribution in [0.2, 0.25) is 5.02 Å². The Morgan fingerprint density at radius 3 is 2.52 bits per heavy atom. The van der Waals surface area contributed by atoms with Crippen molar-refractivity contribution in [2.45, 2.75) is 13.5 Å². The Morgan fingerprint density at radius 2 is 1.73 bits per heavy atom. The van der Waals surface area contributed by atoms with Gasteiger partial charge in [-0.1, -0.05) is 54.1 Å². The summed E-state index contributed by atoms with van der Waals surface area (Å²) >= 11 is 6.15. The SMILES string of the molecule is Cc1c(Cl)cccc1N1C(=O)NC(=O)/C(=C\c2ccccc2OCc2ccccc2F)C1=O. The number of carbonyl (C=O) groups excluding carboxylic acids is 3. The molecule has 0 aliphatic carbocycles. The van der Waals surface area contributed by atoms with Gasteiger partial charge in [0.15, 0.2) is 0 Å². The number of barbiturate groups is 1. The summed E-state index contributed by atoms with van der Waals surface area (Å²) < 4.78 is 19.7. The Kier molecular flexibility index (Phi) is 6.24. The minimum Gasteiger partial charge on any atom is -0.488 e. The quantitative estimate of drug-likeness (QED) is 0.424. The van der Waals surface area contributed by atoms with Crippen LogP contribution in [0.5, 0.6) is 5.75 Å². The van der Waals surface area contributed by atoms with Gasteiger partial charge in [0.05, 0.1) is 5.69 Å². The maximum atomic E-state index is 13.9. The number of anilines is 1. The van der Waals surface area contributed by atoms with Gasteiger partial charge in [-0.15, -0.1) is 0 Å². The molecule has 1 aliphatic heterocycles. The van der Waals surface area contributed by atoms with Gasteiger partial charge in [0.25, 0.3) is 11.8 Å².